The van der Waals surface area contributed by atoms with E-state index in [1.165, 1.54) is 7.11 Å². The molecule has 0 heterocycles. The lowest BCUT2D eigenvalue weighted by Crippen LogP contribution is -2.34. The second-order valence-electron chi connectivity index (χ2n) is 4.29. The van der Waals surface area contributed by atoms with Crippen LogP contribution in [-0.4, -0.2) is 19.1 Å². The monoisotopic (exact) mass is 299 g/mol. The number of rotatable bonds is 4. The van der Waals surface area contributed by atoms with Crippen LogP contribution in [0.15, 0.2) is 22.7 Å². The van der Waals surface area contributed by atoms with Gasteiger partial charge < -0.3 is 4.74 Å². The Bertz CT molecular complexity index is 404. The van der Waals surface area contributed by atoms with E-state index in [0.717, 1.165) is 15.6 Å². The molecule has 1 unspecified atom stereocenters. The van der Waals surface area contributed by atoms with Gasteiger partial charge in [0.05, 0.1) is 7.11 Å². The maximum atomic E-state index is 11.7. The molecule has 0 aromatic heterocycles. The molecule has 0 aliphatic carbocycles. The molecule has 1 N–H and O–H groups in total. The lowest BCUT2D eigenvalue weighted by atomic mass is 10.0. The van der Waals surface area contributed by atoms with Crippen molar-refractivity contribution in [3.8, 4) is 0 Å². The Morgan fingerprint density at radius 3 is 2.53 bits per heavy atom. The summed E-state index contributed by atoms with van der Waals surface area (Å²) in [5.74, 6) is -0.269. The summed E-state index contributed by atoms with van der Waals surface area (Å²) in [6.45, 7) is 6.01. The Kier molecular flexibility index (Phi) is 5.15. The Balaban J connectivity index is 3.03. The van der Waals surface area contributed by atoms with Gasteiger partial charge in [-0.2, -0.15) is 0 Å². The minimum Gasteiger partial charge on any atom is -0.468 e. The van der Waals surface area contributed by atoms with Crippen molar-refractivity contribution in [3.63, 3.8) is 0 Å². The quantitative estimate of drug-likeness (QED) is 0.869. The number of carbonyl (C=O) groups is 1. The lowest BCUT2D eigenvalue weighted by molar-refractivity contribution is -0.143. The summed E-state index contributed by atoms with van der Waals surface area (Å²) >= 11 is 3.47. The molecule has 0 saturated carbocycles. The van der Waals surface area contributed by atoms with Gasteiger partial charge in [0, 0.05) is 10.5 Å². The van der Waals surface area contributed by atoms with Crippen LogP contribution in [0.1, 0.15) is 31.0 Å². The largest absolute Gasteiger partial charge is 0.468 e. The zero-order valence-electron chi connectivity index (χ0n) is 10.6. The molecule has 0 bridgehead atoms. The predicted octanol–water partition coefficient (Wildman–Crippen LogP) is 2.97. The van der Waals surface area contributed by atoms with E-state index < -0.39 is 6.04 Å². The first-order valence-electron chi connectivity index (χ1n) is 5.55. The third kappa shape index (κ3) is 3.82. The van der Waals surface area contributed by atoms with Crippen LogP contribution in [0.5, 0.6) is 0 Å². The van der Waals surface area contributed by atoms with Gasteiger partial charge in [0.2, 0.25) is 0 Å². The minimum absolute atomic E-state index is 0.208. The summed E-state index contributed by atoms with van der Waals surface area (Å²) in [5.41, 5.74) is 2.05. The van der Waals surface area contributed by atoms with Crippen molar-refractivity contribution in [2.24, 2.45) is 0 Å². The molecular formula is C13H18BrNO2. The average molecular weight is 300 g/mol. The predicted molar refractivity (Wildman–Crippen MR) is 71.9 cm³/mol. The molecular weight excluding hydrogens is 282 g/mol. The molecule has 1 aromatic carbocycles. The zero-order chi connectivity index (χ0) is 13.0. The van der Waals surface area contributed by atoms with Crippen LogP contribution in [0.25, 0.3) is 0 Å². The van der Waals surface area contributed by atoms with Gasteiger partial charge in [-0.1, -0.05) is 28.1 Å². The number of nitrogens with one attached hydrogen (secondary N) is 1. The van der Waals surface area contributed by atoms with E-state index in [2.05, 4.69) is 21.2 Å². The second kappa shape index (κ2) is 6.17. The van der Waals surface area contributed by atoms with Gasteiger partial charge >= 0.3 is 5.97 Å². The molecule has 0 amide bonds. The average Bonchev–Trinajstić information content (AvgIpc) is 2.28. The van der Waals surface area contributed by atoms with Gasteiger partial charge in [-0.3, -0.25) is 5.32 Å². The van der Waals surface area contributed by atoms with E-state index in [0.29, 0.717) is 0 Å². The number of ether oxygens (including phenoxy) is 1. The molecule has 94 valence electrons. The van der Waals surface area contributed by atoms with Crippen molar-refractivity contribution in [2.75, 3.05) is 7.11 Å². The SMILES string of the molecule is COC(=O)C(NC(C)C)c1ccc(C)c(Br)c1. The third-order valence-corrected chi connectivity index (χ3v) is 3.32. The molecule has 0 saturated heterocycles. The van der Waals surface area contributed by atoms with E-state index in [1.807, 2.05) is 39.0 Å². The van der Waals surface area contributed by atoms with Gasteiger partial charge in [-0.25, -0.2) is 4.79 Å². The van der Waals surface area contributed by atoms with Crippen LogP contribution >= 0.6 is 15.9 Å². The van der Waals surface area contributed by atoms with Crippen LogP contribution in [-0.2, 0) is 9.53 Å². The fourth-order valence-electron chi connectivity index (χ4n) is 1.54. The first kappa shape index (κ1) is 14.2. The van der Waals surface area contributed by atoms with Crippen molar-refractivity contribution < 1.29 is 9.53 Å². The Morgan fingerprint density at radius 2 is 2.06 bits per heavy atom. The van der Waals surface area contributed by atoms with Crippen molar-refractivity contribution in [3.05, 3.63) is 33.8 Å². The highest BCUT2D eigenvalue weighted by molar-refractivity contribution is 9.10. The highest BCUT2D eigenvalue weighted by Gasteiger charge is 2.22. The number of carbonyl (C=O) groups excluding carboxylic acids is 1. The van der Waals surface area contributed by atoms with Crippen molar-refractivity contribution in [1.82, 2.24) is 5.32 Å². The fourth-order valence-corrected chi connectivity index (χ4v) is 1.94. The van der Waals surface area contributed by atoms with E-state index in [9.17, 15) is 4.79 Å². The molecule has 1 atom stereocenters. The van der Waals surface area contributed by atoms with Crippen molar-refractivity contribution in [1.29, 1.82) is 0 Å². The van der Waals surface area contributed by atoms with Gasteiger partial charge in [-0.05, 0) is 38.0 Å². The molecule has 3 nitrogen and oxygen atoms in total. The molecule has 0 fully saturated rings. The van der Waals surface area contributed by atoms with Gasteiger partial charge in [0.25, 0.3) is 0 Å². The van der Waals surface area contributed by atoms with Crippen LogP contribution in [0.3, 0.4) is 0 Å². The van der Waals surface area contributed by atoms with E-state index in [4.69, 9.17) is 4.74 Å². The molecule has 0 aliphatic rings. The molecule has 4 heteroatoms. The van der Waals surface area contributed by atoms with E-state index >= 15 is 0 Å². The maximum Gasteiger partial charge on any atom is 0.327 e. The number of aryl methyl sites for hydroxylation is 1. The minimum atomic E-state index is -0.420. The fraction of sp³-hybridized carbons (Fsp3) is 0.462. The maximum absolute atomic E-state index is 11.7. The number of halogens is 1. The zero-order valence-corrected chi connectivity index (χ0v) is 12.2. The summed E-state index contributed by atoms with van der Waals surface area (Å²) in [4.78, 5) is 11.7. The number of esters is 1. The summed E-state index contributed by atoms with van der Waals surface area (Å²) < 4.78 is 5.82. The van der Waals surface area contributed by atoms with E-state index in [-0.39, 0.29) is 12.0 Å². The molecule has 1 aromatic rings. The number of benzene rings is 1. The smallest absolute Gasteiger partial charge is 0.327 e. The Morgan fingerprint density at radius 1 is 1.41 bits per heavy atom. The summed E-state index contributed by atoms with van der Waals surface area (Å²) in [7, 11) is 1.40. The third-order valence-electron chi connectivity index (χ3n) is 2.47. The Hall–Kier alpha value is -0.870. The standard InChI is InChI=1S/C13H18BrNO2/c1-8(2)15-12(13(16)17-4)10-6-5-9(3)11(14)7-10/h5-8,12,15H,1-4H3. The highest BCUT2D eigenvalue weighted by Crippen LogP contribution is 2.23. The lowest BCUT2D eigenvalue weighted by Gasteiger charge is -2.20. The van der Waals surface area contributed by atoms with Crippen LogP contribution in [0, 0.1) is 6.92 Å². The molecule has 0 aliphatic heterocycles. The second-order valence-corrected chi connectivity index (χ2v) is 5.14. The van der Waals surface area contributed by atoms with Gasteiger partial charge in [0.15, 0.2) is 0 Å². The van der Waals surface area contributed by atoms with Crippen LogP contribution in [0.2, 0.25) is 0 Å². The topological polar surface area (TPSA) is 38.3 Å². The van der Waals surface area contributed by atoms with Crippen LogP contribution in [0.4, 0.5) is 0 Å². The molecule has 1 rings (SSSR count). The molecule has 0 spiro atoms. The van der Waals surface area contributed by atoms with Gasteiger partial charge in [-0.15, -0.1) is 0 Å². The van der Waals surface area contributed by atoms with Crippen molar-refractivity contribution in [2.45, 2.75) is 32.9 Å². The summed E-state index contributed by atoms with van der Waals surface area (Å²) in [6, 6.07) is 5.66. The van der Waals surface area contributed by atoms with Crippen molar-refractivity contribution >= 4 is 21.9 Å². The Labute approximate surface area is 111 Å². The first-order chi connectivity index (χ1) is 7.95. The molecule has 0 radical (unpaired) electrons. The van der Waals surface area contributed by atoms with Crippen LogP contribution < -0.4 is 5.32 Å². The summed E-state index contributed by atoms with van der Waals surface area (Å²) in [5, 5.41) is 3.20. The summed E-state index contributed by atoms with van der Waals surface area (Å²) in [6.07, 6.45) is 0. The normalized spacial score (nSPS) is 12.6. The highest BCUT2D eigenvalue weighted by atomic mass is 79.9. The number of hydrogen-bond acceptors (Lipinski definition) is 3. The number of methoxy groups -OCH3 is 1. The van der Waals surface area contributed by atoms with E-state index in [1.54, 1.807) is 0 Å². The first-order valence-corrected chi connectivity index (χ1v) is 6.35. The van der Waals surface area contributed by atoms with Gasteiger partial charge in [0.1, 0.15) is 6.04 Å². The number of hydrogen-bond donors (Lipinski definition) is 1. The molecule has 17 heavy (non-hydrogen) atoms.